The maximum Gasteiger partial charge on any atom is 0.351 e. The van der Waals surface area contributed by atoms with Crippen LogP contribution in [-0.4, -0.2) is 44.0 Å². The first kappa shape index (κ1) is 19.7. The number of carbonyl (C=O) groups is 1. The maximum absolute atomic E-state index is 14.3. The molecule has 2 unspecified atom stereocenters. The van der Waals surface area contributed by atoms with Gasteiger partial charge in [-0.3, -0.25) is 9.36 Å². The lowest BCUT2D eigenvalue weighted by molar-refractivity contribution is -0.0355. The van der Waals surface area contributed by atoms with Crippen molar-refractivity contribution in [1.82, 2.24) is 9.55 Å². The van der Waals surface area contributed by atoms with Gasteiger partial charge in [0.2, 0.25) is 0 Å². The van der Waals surface area contributed by atoms with Gasteiger partial charge in [0.25, 0.3) is 5.91 Å². The molecule has 1 amide bonds. The van der Waals surface area contributed by atoms with Crippen LogP contribution in [0, 0.1) is 5.82 Å². The first-order chi connectivity index (χ1) is 12.7. The molecule has 11 heteroatoms. The van der Waals surface area contributed by atoms with E-state index in [1.54, 1.807) is 0 Å². The smallest absolute Gasteiger partial charge is 0.351 e. The van der Waals surface area contributed by atoms with Gasteiger partial charge in [-0.05, 0) is 25.1 Å². The highest BCUT2D eigenvalue weighted by Crippen LogP contribution is 2.28. The molecule has 0 bridgehead atoms. The van der Waals surface area contributed by atoms with Crippen LogP contribution in [0.5, 0.6) is 0 Å². The molecule has 0 saturated carbocycles. The molecule has 2 aromatic rings. The van der Waals surface area contributed by atoms with E-state index >= 15 is 0 Å². The van der Waals surface area contributed by atoms with E-state index in [0.29, 0.717) is 4.57 Å². The number of hydrogen-bond acceptors (Lipinski definition) is 6. The van der Waals surface area contributed by atoms with E-state index in [1.807, 2.05) is 0 Å². The fraction of sp³-hybridized carbons (Fsp3) is 0.312. The van der Waals surface area contributed by atoms with Gasteiger partial charge in [0.1, 0.15) is 12.2 Å². The summed E-state index contributed by atoms with van der Waals surface area (Å²) in [6.45, 7) is 1.49. The van der Waals surface area contributed by atoms with Crippen LogP contribution >= 0.6 is 23.2 Å². The molecular formula is C16H14Cl2FN3O5. The summed E-state index contributed by atoms with van der Waals surface area (Å²) < 4.78 is 20.3. The van der Waals surface area contributed by atoms with Crippen LogP contribution in [0.1, 0.15) is 23.5 Å². The Hall–Kier alpha value is -2.04. The lowest BCUT2D eigenvalue weighted by atomic mass is 10.1. The minimum absolute atomic E-state index is 0.0845. The normalized spacial score (nSPS) is 24.8. The molecule has 1 aliphatic rings. The predicted octanol–water partition coefficient (Wildman–Crippen LogP) is 1.58. The molecule has 4 atom stereocenters. The molecule has 0 spiro atoms. The lowest BCUT2D eigenvalue weighted by Gasteiger charge is -2.17. The molecule has 3 rings (SSSR count). The van der Waals surface area contributed by atoms with E-state index in [9.17, 15) is 24.2 Å². The van der Waals surface area contributed by atoms with Crippen LogP contribution in [0.2, 0.25) is 10.0 Å². The van der Waals surface area contributed by atoms with Crippen molar-refractivity contribution in [3.63, 3.8) is 0 Å². The summed E-state index contributed by atoms with van der Waals surface area (Å²) in [6.07, 6.45) is -3.99. The number of rotatable bonds is 3. The van der Waals surface area contributed by atoms with E-state index < -0.39 is 47.8 Å². The summed E-state index contributed by atoms with van der Waals surface area (Å²) in [4.78, 5) is 27.8. The molecule has 1 aromatic carbocycles. The van der Waals surface area contributed by atoms with Gasteiger partial charge >= 0.3 is 5.69 Å². The number of hydrogen-bond donors (Lipinski definition) is 3. The molecule has 3 N–H and O–H groups in total. The van der Waals surface area contributed by atoms with Crippen molar-refractivity contribution in [2.45, 2.75) is 31.5 Å². The summed E-state index contributed by atoms with van der Waals surface area (Å²) in [6, 6.07) is 4.05. The standard InChI is InChI=1S/C16H14Cl2FN3O5/c1-6-11(23)12(24)15(27-6)22-5-10(19)13(21-16(22)26)20-14(25)7-2-3-8(17)9(18)4-7/h2-6,11-12,15,23-24H,1H3,(H,20,21,25,26)/t6-,11?,12?,15-/m1/s1. The van der Waals surface area contributed by atoms with Gasteiger partial charge in [0.15, 0.2) is 17.9 Å². The zero-order valence-electron chi connectivity index (χ0n) is 13.8. The van der Waals surface area contributed by atoms with Crippen molar-refractivity contribution in [2.75, 3.05) is 5.32 Å². The van der Waals surface area contributed by atoms with Gasteiger partial charge in [0.05, 0.1) is 22.3 Å². The molecule has 144 valence electrons. The van der Waals surface area contributed by atoms with Crippen LogP contribution in [0.3, 0.4) is 0 Å². The number of nitrogens with one attached hydrogen (secondary N) is 1. The fourth-order valence-corrected chi connectivity index (χ4v) is 2.89. The zero-order chi connectivity index (χ0) is 19.9. The first-order valence-corrected chi connectivity index (χ1v) is 8.51. The maximum atomic E-state index is 14.3. The topological polar surface area (TPSA) is 114 Å². The van der Waals surface area contributed by atoms with Crippen molar-refractivity contribution in [2.24, 2.45) is 0 Å². The van der Waals surface area contributed by atoms with Gasteiger partial charge in [-0.15, -0.1) is 0 Å². The Bertz CT molecular complexity index is 954. The molecular weight excluding hydrogens is 404 g/mol. The second-order valence-corrected chi connectivity index (χ2v) is 6.74. The monoisotopic (exact) mass is 417 g/mol. The Morgan fingerprint density at radius 1 is 1.30 bits per heavy atom. The Balaban J connectivity index is 1.86. The molecule has 0 aliphatic carbocycles. The highest BCUT2D eigenvalue weighted by molar-refractivity contribution is 6.42. The van der Waals surface area contributed by atoms with E-state index in [0.717, 1.165) is 6.20 Å². The summed E-state index contributed by atoms with van der Waals surface area (Å²) in [5.74, 6) is -2.39. The number of amides is 1. The average Bonchev–Trinajstić information content (AvgIpc) is 2.87. The minimum atomic E-state index is -1.43. The molecule has 1 aromatic heterocycles. The number of aromatic nitrogens is 2. The Kier molecular flexibility index (Phi) is 5.50. The summed E-state index contributed by atoms with van der Waals surface area (Å²) in [5.41, 5.74) is -0.896. The molecule has 8 nitrogen and oxygen atoms in total. The molecule has 1 fully saturated rings. The van der Waals surface area contributed by atoms with Crippen molar-refractivity contribution in [3.8, 4) is 0 Å². The average molecular weight is 418 g/mol. The Labute approximate surface area is 162 Å². The lowest BCUT2D eigenvalue weighted by Crippen LogP contribution is -2.36. The van der Waals surface area contributed by atoms with Crippen molar-refractivity contribution in [3.05, 3.63) is 56.3 Å². The largest absolute Gasteiger partial charge is 0.388 e. The molecule has 1 aliphatic heterocycles. The Morgan fingerprint density at radius 2 is 2.00 bits per heavy atom. The predicted molar refractivity (Wildman–Crippen MR) is 94.5 cm³/mol. The number of anilines is 1. The van der Waals surface area contributed by atoms with Gasteiger partial charge in [-0.25, -0.2) is 9.18 Å². The number of aliphatic hydroxyl groups is 2. The number of halogens is 3. The summed E-state index contributed by atoms with van der Waals surface area (Å²) in [5, 5.41) is 22.2. The first-order valence-electron chi connectivity index (χ1n) is 7.75. The molecule has 0 radical (unpaired) electrons. The minimum Gasteiger partial charge on any atom is -0.388 e. The van der Waals surface area contributed by atoms with E-state index in [1.165, 1.54) is 25.1 Å². The third-order valence-corrected chi connectivity index (χ3v) is 4.81. The van der Waals surface area contributed by atoms with Gasteiger partial charge in [0, 0.05) is 5.56 Å². The van der Waals surface area contributed by atoms with Crippen LogP contribution in [-0.2, 0) is 4.74 Å². The van der Waals surface area contributed by atoms with Crippen molar-refractivity contribution >= 4 is 34.9 Å². The summed E-state index contributed by atoms with van der Waals surface area (Å²) >= 11 is 11.6. The Morgan fingerprint density at radius 3 is 2.59 bits per heavy atom. The number of ether oxygens (including phenoxy) is 1. The fourth-order valence-electron chi connectivity index (χ4n) is 2.59. The highest BCUT2D eigenvalue weighted by Gasteiger charge is 2.42. The molecule has 2 heterocycles. The van der Waals surface area contributed by atoms with Crippen LogP contribution in [0.15, 0.2) is 29.2 Å². The number of carbonyl (C=O) groups excluding carboxylic acids is 1. The van der Waals surface area contributed by atoms with Crippen LogP contribution in [0.4, 0.5) is 10.2 Å². The SMILES string of the molecule is C[C@H]1O[C@@H](n2cc(F)c(NC(=O)c3ccc(Cl)c(Cl)c3)nc2=O)C(O)C1O. The number of benzene rings is 1. The van der Waals surface area contributed by atoms with E-state index in [2.05, 4.69) is 10.3 Å². The summed E-state index contributed by atoms with van der Waals surface area (Å²) in [7, 11) is 0. The van der Waals surface area contributed by atoms with Crippen molar-refractivity contribution < 1.29 is 24.1 Å². The van der Waals surface area contributed by atoms with Crippen LogP contribution < -0.4 is 11.0 Å². The second kappa shape index (κ2) is 7.53. The van der Waals surface area contributed by atoms with Gasteiger partial charge in [-0.2, -0.15) is 4.98 Å². The van der Waals surface area contributed by atoms with E-state index in [-0.39, 0.29) is 15.6 Å². The molecule has 1 saturated heterocycles. The van der Waals surface area contributed by atoms with E-state index in [4.69, 9.17) is 27.9 Å². The third-order valence-electron chi connectivity index (χ3n) is 4.07. The van der Waals surface area contributed by atoms with Crippen LogP contribution in [0.25, 0.3) is 0 Å². The number of aliphatic hydroxyl groups excluding tert-OH is 2. The zero-order valence-corrected chi connectivity index (χ0v) is 15.3. The number of nitrogens with zero attached hydrogens (tertiary/aromatic N) is 2. The van der Waals surface area contributed by atoms with Gasteiger partial charge < -0.3 is 20.3 Å². The van der Waals surface area contributed by atoms with Crippen molar-refractivity contribution in [1.29, 1.82) is 0 Å². The quantitative estimate of drug-likeness (QED) is 0.698. The molecule has 27 heavy (non-hydrogen) atoms. The highest BCUT2D eigenvalue weighted by atomic mass is 35.5. The third kappa shape index (κ3) is 3.83. The second-order valence-electron chi connectivity index (χ2n) is 5.92. The van der Waals surface area contributed by atoms with Gasteiger partial charge in [-0.1, -0.05) is 23.2 Å².